The second-order valence-corrected chi connectivity index (χ2v) is 67.6. The second kappa shape index (κ2) is 7.75. The van der Waals surface area contributed by atoms with Crippen LogP contribution in [0.25, 0.3) is 0 Å². The number of hydrogen-bond acceptors (Lipinski definition) is 1. The molecule has 0 fully saturated rings. The Kier molecular flexibility index (Phi) is 7.56. The molecular formula is C18H36OSn3. The van der Waals surface area contributed by atoms with Gasteiger partial charge in [-0.2, -0.15) is 0 Å². The van der Waals surface area contributed by atoms with Gasteiger partial charge < -0.3 is 0 Å². The molecule has 126 valence electrons. The van der Waals surface area contributed by atoms with Gasteiger partial charge in [0.05, 0.1) is 0 Å². The summed E-state index contributed by atoms with van der Waals surface area (Å²) in [5.74, 6) is 1.04. The minimum absolute atomic E-state index is 0.798. The summed E-state index contributed by atoms with van der Waals surface area (Å²) in [5.41, 5.74) is 0. The van der Waals surface area contributed by atoms with Gasteiger partial charge in [-0.15, -0.1) is 0 Å². The fraction of sp³-hybridized carbons (Fsp3) is 0.667. The first-order chi connectivity index (χ1) is 9.83. The molecule has 0 saturated heterocycles. The third-order valence-corrected chi connectivity index (χ3v) is 116. The summed E-state index contributed by atoms with van der Waals surface area (Å²) in [7, 11) is 0. The zero-order chi connectivity index (χ0) is 17.2. The predicted molar refractivity (Wildman–Crippen MR) is 109 cm³/mol. The molecule has 0 aliphatic heterocycles. The van der Waals surface area contributed by atoms with Crippen molar-refractivity contribution in [2.24, 2.45) is 0 Å². The topological polar surface area (TPSA) is 9.23 Å². The molecule has 4 heteroatoms. The molecule has 0 saturated carbocycles. The quantitative estimate of drug-likeness (QED) is 0.325. The molecule has 0 N–H and O–H groups in total. The fourth-order valence-corrected chi connectivity index (χ4v) is 161. The maximum absolute atomic E-state index is 6.15. The van der Waals surface area contributed by atoms with Crippen LogP contribution < -0.4 is 4.74 Å². The van der Waals surface area contributed by atoms with Crippen LogP contribution in [0.4, 0.5) is 0 Å². The van der Waals surface area contributed by atoms with Gasteiger partial charge >= 0.3 is 153 Å². The summed E-state index contributed by atoms with van der Waals surface area (Å²) in [6.45, 7) is 0.917. The third kappa shape index (κ3) is 4.74. The number of rotatable bonds is 7. The Morgan fingerprint density at radius 1 is 0.727 bits per heavy atom. The van der Waals surface area contributed by atoms with Gasteiger partial charge in [-0.3, -0.25) is 0 Å². The SMILES string of the molecule is [CH3][Sn]([CH3])([CH3])[C](CCOc1ccccc1)([Sn]([CH3])([CH3])[CH3])[Sn]([CH3])([CH3])[CH3]. The van der Waals surface area contributed by atoms with E-state index in [1.165, 1.54) is 6.42 Å². The van der Waals surface area contributed by atoms with Gasteiger partial charge in [-0.25, -0.2) is 0 Å². The Hall–Kier alpha value is 1.42. The Labute approximate surface area is 151 Å². The zero-order valence-electron chi connectivity index (χ0n) is 16.2. The van der Waals surface area contributed by atoms with Crippen molar-refractivity contribution in [3.05, 3.63) is 30.3 Å². The number of para-hydroxylation sites is 1. The van der Waals surface area contributed by atoms with Crippen molar-refractivity contribution in [3.63, 3.8) is 0 Å². The predicted octanol–water partition coefficient (Wildman–Crippen LogP) is 6.29. The van der Waals surface area contributed by atoms with Crippen molar-refractivity contribution in [1.29, 1.82) is 0 Å². The van der Waals surface area contributed by atoms with Crippen LogP contribution in [-0.2, 0) is 0 Å². The van der Waals surface area contributed by atoms with Gasteiger partial charge in [0, 0.05) is 0 Å². The molecule has 0 aliphatic rings. The van der Waals surface area contributed by atoms with E-state index in [4.69, 9.17) is 4.74 Å². The van der Waals surface area contributed by atoms with Crippen LogP contribution in [0, 0.1) is 0 Å². The van der Waals surface area contributed by atoms with Crippen LogP contribution >= 0.6 is 0 Å². The summed E-state index contributed by atoms with van der Waals surface area (Å²) >= 11 is -6.21. The summed E-state index contributed by atoms with van der Waals surface area (Å²) < 4.78 is 6.95. The third-order valence-electron chi connectivity index (χ3n) is 5.33. The van der Waals surface area contributed by atoms with Crippen LogP contribution in [0.1, 0.15) is 6.42 Å². The van der Waals surface area contributed by atoms with Gasteiger partial charge in [-0.1, -0.05) is 0 Å². The van der Waals surface area contributed by atoms with Crippen molar-refractivity contribution >= 4 is 55.1 Å². The number of ether oxygens (including phenoxy) is 1. The first-order valence-electron chi connectivity index (χ1n) is 8.51. The van der Waals surface area contributed by atoms with E-state index >= 15 is 0 Å². The van der Waals surface area contributed by atoms with Crippen LogP contribution in [-0.4, -0.2) is 61.7 Å². The second-order valence-electron chi connectivity index (χ2n) is 9.57. The van der Waals surface area contributed by atoms with Crippen molar-refractivity contribution in [3.8, 4) is 5.75 Å². The van der Waals surface area contributed by atoms with Crippen molar-refractivity contribution in [1.82, 2.24) is 0 Å². The molecule has 1 aromatic rings. The molecule has 0 atom stereocenters. The molecule has 0 aromatic heterocycles. The average Bonchev–Trinajstić information content (AvgIpc) is 2.31. The zero-order valence-corrected chi connectivity index (χ0v) is 24.8. The summed E-state index contributed by atoms with van der Waals surface area (Å²) in [6, 6.07) is 10.4. The molecule has 0 amide bonds. The van der Waals surface area contributed by atoms with Gasteiger partial charge in [0.25, 0.3) is 0 Å². The van der Waals surface area contributed by atoms with Gasteiger partial charge in [0.1, 0.15) is 0 Å². The fourth-order valence-electron chi connectivity index (χ4n) is 5.34. The van der Waals surface area contributed by atoms with Gasteiger partial charge in [-0.05, 0) is 0 Å². The molecule has 22 heavy (non-hydrogen) atoms. The number of benzene rings is 1. The van der Waals surface area contributed by atoms with E-state index in [-0.39, 0.29) is 0 Å². The first-order valence-corrected chi connectivity index (χ1v) is 38.5. The van der Waals surface area contributed by atoms with Crippen LogP contribution in [0.3, 0.4) is 0 Å². The molecule has 1 rings (SSSR count). The van der Waals surface area contributed by atoms with Crippen molar-refractivity contribution in [2.75, 3.05) is 6.61 Å². The van der Waals surface area contributed by atoms with Crippen molar-refractivity contribution in [2.45, 2.75) is 50.3 Å². The van der Waals surface area contributed by atoms with Gasteiger partial charge in [0.15, 0.2) is 0 Å². The molecule has 0 aliphatic carbocycles. The van der Waals surface area contributed by atoms with E-state index in [9.17, 15) is 0 Å². The normalized spacial score (nSPS) is 14.0. The molecule has 1 nitrogen and oxygen atoms in total. The molecule has 0 spiro atoms. The van der Waals surface area contributed by atoms with E-state index in [0.717, 1.165) is 11.8 Å². The summed E-state index contributed by atoms with van der Waals surface area (Å²) in [5, 5.41) is 0. The van der Waals surface area contributed by atoms with E-state index < -0.39 is 55.1 Å². The summed E-state index contributed by atoms with van der Waals surface area (Å²) in [4.78, 5) is 24.3. The monoisotopic (exact) mass is 628 g/mol. The van der Waals surface area contributed by atoms with E-state index in [0.29, 0.717) is 0 Å². The average molecular weight is 625 g/mol. The Morgan fingerprint density at radius 2 is 1.14 bits per heavy atom. The molecule has 1 aromatic carbocycles. The van der Waals surface area contributed by atoms with Crippen LogP contribution in [0.15, 0.2) is 30.3 Å². The van der Waals surface area contributed by atoms with E-state index in [1.807, 2.05) is 0 Å². The molecule has 0 radical (unpaired) electrons. The standard InChI is InChI=1S/C9H9O.9CH3.3Sn/c1-2-8-10-9-6-4-3-5-7-9;;;;;;;;;;;;/h3-7H,2,8H2;9*1H3;;;. The Morgan fingerprint density at radius 3 is 1.50 bits per heavy atom. The molecule has 0 heterocycles. The first kappa shape index (κ1) is 21.5. The van der Waals surface area contributed by atoms with Crippen LogP contribution in [0.5, 0.6) is 5.75 Å². The Balaban J connectivity index is 3.06. The van der Waals surface area contributed by atoms with Crippen molar-refractivity contribution < 1.29 is 4.74 Å². The number of hydrogen-bond donors (Lipinski definition) is 0. The molecular weight excluding hydrogens is 588 g/mol. The minimum atomic E-state index is -2.07. The van der Waals surface area contributed by atoms with Gasteiger partial charge in [0.2, 0.25) is 0 Å². The Bertz CT molecular complexity index is 428. The molecule has 0 bridgehead atoms. The molecule has 0 unspecified atom stereocenters. The van der Waals surface area contributed by atoms with Crippen LogP contribution in [0.2, 0.25) is 43.9 Å². The maximum atomic E-state index is 6.15. The summed E-state index contributed by atoms with van der Waals surface area (Å²) in [6.07, 6.45) is 1.33. The van der Waals surface area contributed by atoms with E-state index in [2.05, 4.69) is 74.8 Å². The van der Waals surface area contributed by atoms with E-state index in [1.54, 1.807) is 0 Å².